The lowest BCUT2D eigenvalue weighted by molar-refractivity contribution is -0.136. The number of hydrogen-bond donors (Lipinski definition) is 1. The van der Waals surface area contributed by atoms with Gasteiger partial charge in [-0.1, -0.05) is 6.07 Å². The number of piperidine rings is 1. The maximum Gasteiger partial charge on any atom is 0.225 e. The normalized spacial score (nSPS) is 28.6. The molecule has 2 aliphatic carbocycles. The molecule has 1 heterocycles. The Hall–Kier alpha value is -1.98. The molecule has 1 saturated heterocycles. The third-order valence-corrected chi connectivity index (χ3v) is 5.52. The smallest absolute Gasteiger partial charge is 0.225 e. The van der Waals surface area contributed by atoms with E-state index < -0.39 is 11.6 Å². The van der Waals surface area contributed by atoms with E-state index in [2.05, 4.69) is 5.32 Å². The average Bonchev–Trinajstić information content (AvgIpc) is 3.50. The zero-order chi connectivity index (χ0) is 17.6. The van der Waals surface area contributed by atoms with Crippen LogP contribution in [0.15, 0.2) is 18.2 Å². The van der Waals surface area contributed by atoms with Gasteiger partial charge in [0.05, 0.1) is 5.92 Å². The van der Waals surface area contributed by atoms with Gasteiger partial charge in [0, 0.05) is 36.5 Å². The van der Waals surface area contributed by atoms with Crippen molar-refractivity contribution in [2.75, 3.05) is 13.1 Å². The summed E-state index contributed by atoms with van der Waals surface area (Å²) >= 11 is 0. The largest absolute Gasteiger partial charge is 0.352 e. The maximum absolute atomic E-state index is 13.8. The fraction of sp³-hybridized carbons (Fsp3) is 0.579. The van der Waals surface area contributed by atoms with Crippen LogP contribution in [0.2, 0.25) is 0 Å². The van der Waals surface area contributed by atoms with Crippen LogP contribution < -0.4 is 5.32 Å². The van der Waals surface area contributed by atoms with Gasteiger partial charge in [-0.3, -0.25) is 9.59 Å². The molecule has 2 amide bonds. The second-order valence-electron chi connectivity index (χ2n) is 7.49. The fourth-order valence-electron chi connectivity index (χ4n) is 3.82. The van der Waals surface area contributed by atoms with E-state index in [1.165, 1.54) is 18.2 Å². The molecule has 2 saturated carbocycles. The number of hydrogen-bond acceptors (Lipinski definition) is 2. The maximum atomic E-state index is 13.8. The number of rotatable bonds is 4. The quantitative estimate of drug-likeness (QED) is 0.909. The van der Waals surface area contributed by atoms with Gasteiger partial charge in [-0.05, 0) is 44.2 Å². The van der Waals surface area contributed by atoms with Crippen LogP contribution in [0.4, 0.5) is 8.78 Å². The molecule has 0 radical (unpaired) electrons. The monoisotopic (exact) mass is 348 g/mol. The molecule has 0 bridgehead atoms. The van der Waals surface area contributed by atoms with Gasteiger partial charge >= 0.3 is 0 Å². The Kier molecular flexibility index (Phi) is 4.21. The fourth-order valence-corrected chi connectivity index (χ4v) is 3.82. The summed E-state index contributed by atoms with van der Waals surface area (Å²) in [7, 11) is 0. The lowest BCUT2D eigenvalue weighted by atomic mass is 9.96. The lowest BCUT2D eigenvalue weighted by Gasteiger charge is -2.32. The Morgan fingerprint density at radius 1 is 1.08 bits per heavy atom. The molecule has 1 aromatic rings. The Bertz CT molecular complexity index is 684. The van der Waals surface area contributed by atoms with E-state index in [9.17, 15) is 18.4 Å². The van der Waals surface area contributed by atoms with Gasteiger partial charge in [-0.15, -0.1) is 0 Å². The molecule has 1 N–H and O–H groups in total. The molecular weight excluding hydrogens is 326 g/mol. The molecule has 3 aliphatic rings. The van der Waals surface area contributed by atoms with Gasteiger partial charge in [-0.2, -0.15) is 0 Å². The molecule has 0 unspecified atom stereocenters. The van der Waals surface area contributed by atoms with Crippen LogP contribution >= 0.6 is 0 Å². The first kappa shape index (κ1) is 16.5. The molecule has 4 nitrogen and oxygen atoms in total. The first-order valence-corrected chi connectivity index (χ1v) is 9.07. The summed E-state index contributed by atoms with van der Waals surface area (Å²) in [6.07, 6.45) is 4.06. The van der Waals surface area contributed by atoms with E-state index >= 15 is 0 Å². The Morgan fingerprint density at radius 2 is 1.80 bits per heavy atom. The Labute approximate surface area is 145 Å². The summed E-state index contributed by atoms with van der Waals surface area (Å²) < 4.78 is 27.7. The summed E-state index contributed by atoms with van der Waals surface area (Å²) in [5, 5.41) is 2.92. The van der Waals surface area contributed by atoms with Crippen LogP contribution in [-0.4, -0.2) is 35.8 Å². The van der Waals surface area contributed by atoms with E-state index in [0.29, 0.717) is 13.0 Å². The highest BCUT2D eigenvalue weighted by atomic mass is 19.1. The number of halogens is 2. The van der Waals surface area contributed by atoms with Crippen molar-refractivity contribution in [3.05, 3.63) is 35.4 Å². The van der Waals surface area contributed by atoms with Gasteiger partial charge in [0.25, 0.3) is 0 Å². The predicted octanol–water partition coefficient (Wildman–Crippen LogP) is 2.59. The first-order valence-electron chi connectivity index (χ1n) is 9.07. The minimum atomic E-state index is -0.555. The third kappa shape index (κ3) is 3.39. The van der Waals surface area contributed by atoms with Crippen LogP contribution in [0.5, 0.6) is 0 Å². The van der Waals surface area contributed by atoms with Crippen LogP contribution in [0.25, 0.3) is 0 Å². The number of amides is 2. The van der Waals surface area contributed by atoms with Crippen molar-refractivity contribution in [3.8, 4) is 0 Å². The van der Waals surface area contributed by atoms with Crippen molar-refractivity contribution in [2.24, 2.45) is 11.8 Å². The zero-order valence-electron chi connectivity index (χ0n) is 14.0. The molecule has 3 atom stereocenters. The highest BCUT2D eigenvalue weighted by molar-refractivity contribution is 5.83. The summed E-state index contributed by atoms with van der Waals surface area (Å²) in [5.74, 6) is -1.38. The molecular formula is C19H22F2N2O2. The van der Waals surface area contributed by atoms with E-state index in [1.807, 2.05) is 4.90 Å². The number of nitrogens with zero attached hydrogens (tertiary/aromatic N) is 1. The molecule has 134 valence electrons. The molecule has 3 fully saturated rings. The lowest BCUT2D eigenvalue weighted by Crippen LogP contribution is -2.46. The van der Waals surface area contributed by atoms with E-state index in [-0.39, 0.29) is 41.2 Å². The van der Waals surface area contributed by atoms with Gasteiger partial charge < -0.3 is 10.2 Å². The molecule has 0 aromatic heterocycles. The zero-order valence-corrected chi connectivity index (χ0v) is 14.0. The van der Waals surface area contributed by atoms with Gasteiger partial charge in [0.2, 0.25) is 11.8 Å². The minimum absolute atomic E-state index is 0.0713. The van der Waals surface area contributed by atoms with Crippen LogP contribution in [0.3, 0.4) is 0 Å². The molecule has 1 aliphatic heterocycles. The summed E-state index contributed by atoms with van der Waals surface area (Å²) in [6.45, 7) is 1.19. The standard InChI is InChI=1S/C19H22F2N2O2/c20-14-4-1-5-15(21)17(14)13-9-16(13)22-18(24)12-3-2-8-23(10-12)19(25)11-6-7-11/h1,4-5,11-13,16H,2-3,6-10H2,(H,22,24)/t12-,13+,16+/m0/s1. The van der Waals surface area contributed by atoms with E-state index in [1.54, 1.807) is 0 Å². The second-order valence-corrected chi connectivity index (χ2v) is 7.49. The van der Waals surface area contributed by atoms with Gasteiger partial charge in [0.15, 0.2) is 0 Å². The van der Waals surface area contributed by atoms with E-state index in [0.717, 1.165) is 32.2 Å². The molecule has 25 heavy (non-hydrogen) atoms. The topological polar surface area (TPSA) is 49.4 Å². The third-order valence-electron chi connectivity index (χ3n) is 5.52. The van der Waals surface area contributed by atoms with Crippen LogP contribution in [0.1, 0.15) is 43.6 Å². The second kappa shape index (κ2) is 6.39. The predicted molar refractivity (Wildman–Crippen MR) is 87.7 cm³/mol. The van der Waals surface area contributed by atoms with Crippen molar-refractivity contribution in [2.45, 2.75) is 44.1 Å². The Balaban J connectivity index is 1.34. The molecule has 0 spiro atoms. The summed E-state index contributed by atoms with van der Waals surface area (Å²) in [4.78, 5) is 26.5. The molecule has 4 rings (SSSR count). The SMILES string of the molecule is O=C(N[C@@H]1C[C@H]1c1c(F)cccc1F)[C@H]1CCCN(C(=O)C2CC2)C1. The van der Waals surface area contributed by atoms with Crippen LogP contribution in [-0.2, 0) is 9.59 Å². The highest BCUT2D eigenvalue weighted by Gasteiger charge is 2.44. The molecule has 6 heteroatoms. The average molecular weight is 348 g/mol. The summed E-state index contributed by atoms with van der Waals surface area (Å²) in [6, 6.07) is 3.63. The number of carbonyl (C=O) groups is 2. The number of benzene rings is 1. The van der Waals surface area contributed by atoms with Gasteiger partial charge in [0.1, 0.15) is 11.6 Å². The van der Waals surface area contributed by atoms with Crippen molar-refractivity contribution in [3.63, 3.8) is 0 Å². The first-order chi connectivity index (χ1) is 12.0. The van der Waals surface area contributed by atoms with Crippen molar-refractivity contribution in [1.82, 2.24) is 10.2 Å². The summed E-state index contributed by atoms with van der Waals surface area (Å²) in [5.41, 5.74) is 0.0713. The number of carbonyl (C=O) groups excluding carboxylic acids is 2. The Morgan fingerprint density at radius 3 is 2.48 bits per heavy atom. The van der Waals surface area contributed by atoms with Crippen molar-refractivity contribution < 1.29 is 18.4 Å². The minimum Gasteiger partial charge on any atom is -0.352 e. The van der Waals surface area contributed by atoms with Crippen LogP contribution in [0, 0.1) is 23.5 Å². The van der Waals surface area contributed by atoms with Crippen molar-refractivity contribution in [1.29, 1.82) is 0 Å². The van der Waals surface area contributed by atoms with Gasteiger partial charge in [-0.25, -0.2) is 8.78 Å². The number of nitrogens with one attached hydrogen (secondary N) is 1. The molecule has 1 aromatic carbocycles. The highest BCUT2D eigenvalue weighted by Crippen LogP contribution is 2.43. The number of likely N-dealkylation sites (tertiary alicyclic amines) is 1. The van der Waals surface area contributed by atoms with Crippen molar-refractivity contribution >= 4 is 11.8 Å². The van der Waals surface area contributed by atoms with E-state index in [4.69, 9.17) is 0 Å².